The molecule has 0 unspecified atom stereocenters. The van der Waals surface area contributed by atoms with Gasteiger partial charge in [0.05, 0.1) is 12.8 Å². The Balaban J connectivity index is 1.88. The number of fused-ring (bicyclic) bond motifs is 1. The summed E-state index contributed by atoms with van der Waals surface area (Å²) in [6.07, 6.45) is 1.98. The summed E-state index contributed by atoms with van der Waals surface area (Å²) in [7, 11) is 1.57. The number of rotatable bonds is 4. The Hall–Kier alpha value is -2.47. The predicted octanol–water partition coefficient (Wildman–Crippen LogP) is 4.12. The van der Waals surface area contributed by atoms with Crippen LogP contribution in [0.15, 0.2) is 45.7 Å². The maximum Gasteiger partial charge on any atom is 0.291 e. The van der Waals surface area contributed by atoms with Crippen molar-refractivity contribution in [1.29, 1.82) is 0 Å². The molecule has 1 N–H and O–H groups in total. The highest BCUT2D eigenvalue weighted by Crippen LogP contribution is 2.30. The lowest BCUT2D eigenvalue weighted by atomic mass is 10.2. The van der Waals surface area contributed by atoms with Gasteiger partial charge in [-0.05, 0) is 43.5 Å². The summed E-state index contributed by atoms with van der Waals surface area (Å²) in [6.45, 7) is 1.89. The zero-order valence-corrected chi connectivity index (χ0v) is 13.9. The molecule has 0 saturated heterocycles. The molecule has 5 nitrogen and oxygen atoms in total. The average Bonchev–Trinajstić information content (AvgIpc) is 2.98. The van der Waals surface area contributed by atoms with E-state index < -0.39 is 0 Å². The van der Waals surface area contributed by atoms with Gasteiger partial charge in [-0.3, -0.25) is 4.79 Å². The first-order valence-electron chi connectivity index (χ1n) is 7.01. The van der Waals surface area contributed by atoms with Gasteiger partial charge in [0.2, 0.25) is 0 Å². The minimum Gasteiger partial charge on any atom is -0.495 e. The van der Waals surface area contributed by atoms with E-state index >= 15 is 0 Å². The zero-order chi connectivity index (χ0) is 16.4. The average molecular weight is 328 g/mol. The van der Waals surface area contributed by atoms with E-state index in [2.05, 4.69) is 10.3 Å². The molecule has 3 aromatic rings. The molecule has 118 valence electrons. The van der Waals surface area contributed by atoms with Crippen LogP contribution in [0.25, 0.3) is 11.1 Å². The molecule has 2 heterocycles. The van der Waals surface area contributed by atoms with Crippen LogP contribution in [-0.4, -0.2) is 24.3 Å². The summed E-state index contributed by atoms with van der Waals surface area (Å²) in [4.78, 5) is 17.8. The fourth-order valence-electron chi connectivity index (χ4n) is 2.22. The van der Waals surface area contributed by atoms with E-state index in [0.29, 0.717) is 22.5 Å². The van der Waals surface area contributed by atoms with Gasteiger partial charge in [-0.25, -0.2) is 4.98 Å². The predicted molar refractivity (Wildman–Crippen MR) is 91.5 cm³/mol. The number of pyridine rings is 1. The van der Waals surface area contributed by atoms with Crippen molar-refractivity contribution >= 4 is 34.5 Å². The van der Waals surface area contributed by atoms with Gasteiger partial charge in [-0.15, -0.1) is 11.8 Å². The molecular weight excluding hydrogens is 312 g/mol. The Morgan fingerprint density at radius 1 is 1.26 bits per heavy atom. The van der Waals surface area contributed by atoms with Crippen LogP contribution >= 0.6 is 11.8 Å². The molecule has 1 aromatic carbocycles. The van der Waals surface area contributed by atoms with Crippen LogP contribution in [0.4, 0.5) is 5.69 Å². The number of furan rings is 1. The van der Waals surface area contributed by atoms with Crippen molar-refractivity contribution < 1.29 is 13.9 Å². The standard InChI is InChI=1S/C17H16N2O3S/c1-10-4-7-14-13(18-10)9-16(22-14)17(20)19-12-6-5-11(23-3)8-15(12)21-2/h4-9H,1-3H3,(H,19,20). The van der Waals surface area contributed by atoms with Gasteiger partial charge in [0.1, 0.15) is 11.3 Å². The Morgan fingerprint density at radius 3 is 2.83 bits per heavy atom. The molecule has 23 heavy (non-hydrogen) atoms. The van der Waals surface area contributed by atoms with Crippen molar-refractivity contribution in [3.05, 3.63) is 47.9 Å². The fourth-order valence-corrected chi connectivity index (χ4v) is 2.65. The third kappa shape index (κ3) is 3.17. The van der Waals surface area contributed by atoms with E-state index in [9.17, 15) is 4.79 Å². The highest BCUT2D eigenvalue weighted by Gasteiger charge is 2.15. The number of ether oxygens (including phenoxy) is 1. The van der Waals surface area contributed by atoms with Gasteiger partial charge in [0.15, 0.2) is 11.3 Å². The summed E-state index contributed by atoms with van der Waals surface area (Å²) >= 11 is 1.61. The first-order valence-corrected chi connectivity index (χ1v) is 8.24. The number of nitrogens with one attached hydrogen (secondary N) is 1. The molecule has 0 saturated carbocycles. The largest absolute Gasteiger partial charge is 0.495 e. The van der Waals surface area contributed by atoms with Crippen molar-refractivity contribution in [3.63, 3.8) is 0 Å². The van der Waals surface area contributed by atoms with Crippen LogP contribution in [-0.2, 0) is 0 Å². The lowest BCUT2D eigenvalue weighted by Gasteiger charge is -2.10. The van der Waals surface area contributed by atoms with Gasteiger partial charge in [-0.2, -0.15) is 0 Å². The molecule has 0 atom stereocenters. The number of nitrogens with zero attached hydrogens (tertiary/aromatic N) is 1. The number of hydrogen-bond acceptors (Lipinski definition) is 5. The second kappa shape index (κ2) is 6.34. The SMILES string of the molecule is COc1cc(SC)ccc1NC(=O)c1cc2nc(C)ccc2o1. The van der Waals surface area contributed by atoms with Crippen LogP contribution in [0.5, 0.6) is 5.75 Å². The lowest BCUT2D eigenvalue weighted by Crippen LogP contribution is -2.11. The molecule has 2 aromatic heterocycles. The number of anilines is 1. The number of aromatic nitrogens is 1. The molecule has 6 heteroatoms. The van der Waals surface area contributed by atoms with Gasteiger partial charge in [0, 0.05) is 16.7 Å². The van der Waals surface area contributed by atoms with Crippen LogP contribution in [0.2, 0.25) is 0 Å². The monoisotopic (exact) mass is 328 g/mol. The zero-order valence-electron chi connectivity index (χ0n) is 13.0. The van der Waals surface area contributed by atoms with Crippen LogP contribution in [0.1, 0.15) is 16.2 Å². The summed E-state index contributed by atoms with van der Waals surface area (Å²) in [5, 5.41) is 2.81. The first-order chi connectivity index (χ1) is 11.1. The molecule has 0 aliphatic rings. The molecule has 3 rings (SSSR count). The lowest BCUT2D eigenvalue weighted by molar-refractivity contribution is 0.0998. The second-order valence-electron chi connectivity index (χ2n) is 4.97. The Bertz CT molecular complexity index is 873. The smallest absolute Gasteiger partial charge is 0.291 e. The number of amides is 1. The maximum absolute atomic E-state index is 12.4. The molecule has 0 aliphatic heterocycles. The normalized spacial score (nSPS) is 10.7. The van der Waals surface area contributed by atoms with Gasteiger partial charge in [0.25, 0.3) is 5.91 Å². The summed E-state index contributed by atoms with van der Waals surface area (Å²) in [6, 6.07) is 10.9. The van der Waals surface area contributed by atoms with Crippen molar-refractivity contribution in [3.8, 4) is 5.75 Å². The second-order valence-corrected chi connectivity index (χ2v) is 5.85. The molecular formula is C17H16N2O3S. The Morgan fingerprint density at radius 2 is 2.09 bits per heavy atom. The topological polar surface area (TPSA) is 64.4 Å². The van der Waals surface area contributed by atoms with Gasteiger partial charge >= 0.3 is 0 Å². The Kier molecular flexibility index (Phi) is 4.25. The quantitative estimate of drug-likeness (QED) is 0.730. The molecule has 0 spiro atoms. The van der Waals surface area contributed by atoms with Crippen molar-refractivity contribution in [2.24, 2.45) is 0 Å². The highest BCUT2D eigenvalue weighted by atomic mass is 32.2. The minimum absolute atomic E-state index is 0.217. The van der Waals surface area contributed by atoms with Crippen LogP contribution in [0, 0.1) is 6.92 Å². The van der Waals surface area contributed by atoms with Gasteiger partial charge < -0.3 is 14.5 Å². The molecule has 0 bridgehead atoms. The molecule has 1 amide bonds. The molecule has 0 fully saturated rings. The van der Waals surface area contributed by atoms with Crippen molar-refractivity contribution in [1.82, 2.24) is 4.98 Å². The van der Waals surface area contributed by atoms with Crippen LogP contribution < -0.4 is 10.1 Å². The number of hydrogen-bond donors (Lipinski definition) is 1. The molecule has 0 radical (unpaired) electrons. The summed E-state index contributed by atoms with van der Waals surface area (Å²) < 4.78 is 10.9. The minimum atomic E-state index is -0.337. The number of benzene rings is 1. The number of carbonyl (C=O) groups is 1. The Labute approximate surface area is 138 Å². The van der Waals surface area contributed by atoms with E-state index in [1.165, 1.54) is 0 Å². The first kappa shape index (κ1) is 15.4. The third-order valence-electron chi connectivity index (χ3n) is 3.39. The van der Waals surface area contributed by atoms with Gasteiger partial charge in [-0.1, -0.05) is 0 Å². The van der Waals surface area contributed by atoms with E-state index in [1.807, 2.05) is 43.5 Å². The maximum atomic E-state index is 12.4. The molecule has 0 aliphatic carbocycles. The van der Waals surface area contributed by atoms with E-state index in [0.717, 1.165) is 10.6 Å². The number of thioether (sulfide) groups is 1. The highest BCUT2D eigenvalue weighted by molar-refractivity contribution is 7.98. The van der Waals surface area contributed by atoms with Crippen LogP contribution in [0.3, 0.4) is 0 Å². The summed E-state index contributed by atoms with van der Waals surface area (Å²) in [5.74, 6) is 0.486. The van der Waals surface area contributed by atoms with E-state index in [4.69, 9.17) is 9.15 Å². The third-order valence-corrected chi connectivity index (χ3v) is 4.12. The fraction of sp³-hybridized carbons (Fsp3) is 0.176. The van der Waals surface area contributed by atoms with Crippen molar-refractivity contribution in [2.45, 2.75) is 11.8 Å². The van der Waals surface area contributed by atoms with E-state index in [-0.39, 0.29) is 11.7 Å². The number of carbonyl (C=O) groups excluding carboxylic acids is 1. The number of methoxy groups -OCH3 is 1. The number of aryl methyl sites for hydroxylation is 1. The van der Waals surface area contributed by atoms with Crippen molar-refractivity contribution in [2.75, 3.05) is 18.7 Å². The summed E-state index contributed by atoms with van der Waals surface area (Å²) in [5.41, 5.74) is 2.73. The van der Waals surface area contributed by atoms with E-state index in [1.54, 1.807) is 24.9 Å².